The van der Waals surface area contributed by atoms with Crippen LogP contribution in [0.15, 0.2) is 53.9 Å². The van der Waals surface area contributed by atoms with Gasteiger partial charge in [-0.05, 0) is 60.3 Å². The lowest BCUT2D eigenvalue weighted by Crippen LogP contribution is -1.95. The summed E-state index contributed by atoms with van der Waals surface area (Å²) in [6.45, 7) is 2.59. The van der Waals surface area contributed by atoms with Gasteiger partial charge in [0.2, 0.25) is 0 Å². The molecular weight excluding hydrogens is 397 g/mol. The van der Waals surface area contributed by atoms with E-state index < -0.39 is 5.82 Å². The van der Waals surface area contributed by atoms with Crippen LogP contribution in [-0.2, 0) is 7.05 Å². The largest absolute Gasteiger partial charge is 0.494 e. The van der Waals surface area contributed by atoms with Crippen LogP contribution in [0.5, 0.6) is 5.75 Å². The third-order valence-corrected chi connectivity index (χ3v) is 5.56. The van der Waals surface area contributed by atoms with Crippen molar-refractivity contribution in [2.24, 2.45) is 7.05 Å². The maximum absolute atomic E-state index is 14.3. The fourth-order valence-corrected chi connectivity index (χ4v) is 4.16. The number of nitrogens with zero attached hydrogens (tertiary/aromatic N) is 3. The van der Waals surface area contributed by atoms with E-state index in [9.17, 15) is 4.39 Å². The minimum absolute atomic E-state index is 0.212. The van der Waals surface area contributed by atoms with Crippen molar-refractivity contribution >= 4 is 22.9 Å². The van der Waals surface area contributed by atoms with Crippen molar-refractivity contribution in [1.29, 1.82) is 0 Å². The van der Waals surface area contributed by atoms with Crippen molar-refractivity contribution in [3.63, 3.8) is 0 Å². The minimum Gasteiger partial charge on any atom is -0.494 e. The Morgan fingerprint density at radius 1 is 1.14 bits per heavy atom. The maximum atomic E-state index is 14.3. The number of benzene rings is 2. The van der Waals surface area contributed by atoms with Crippen molar-refractivity contribution < 1.29 is 9.13 Å². The van der Waals surface area contributed by atoms with Crippen LogP contribution >= 0.6 is 22.9 Å². The van der Waals surface area contributed by atoms with E-state index in [0.29, 0.717) is 12.4 Å². The Labute approximate surface area is 171 Å². The third kappa shape index (κ3) is 3.41. The molecule has 2 aromatic heterocycles. The summed E-state index contributed by atoms with van der Waals surface area (Å²) in [4.78, 5) is 5.65. The Kier molecular flexibility index (Phi) is 5.15. The van der Waals surface area contributed by atoms with Gasteiger partial charge in [-0.3, -0.25) is 0 Å². The summed E-state index contributed by atoms with van der Waals surface area (Å²) >= 11 is 7.79. The predicted octanol–water partition coefficient (Wildman–Crippen LogP) is 6.07. The average molecular weight is 414 g/mol. The SMILES string of the molecule is CCOc1ccc(-c2sccc2-c2nc(-c3c(F)cccc3Cl)nn2C)cc1. The predicted molar refractivity (Wildman–Crippen MR) is 111 cm³/mol. The monoisotopic (exact) mass is 413 g/mol. The molecule has 4 aromatic rings. The highest BCUT2D eigenvalue weighted by Crippen LogP contribution is 2.38. The first kappa shape index (κ1) is 18.7. The van der Waals surface area contributed by atoms with Gasteiger partial charge >= 0.3 is 0 Å². The molecule has 0 saturated heterocycles. The molecule has 0 radical (unpaired) electrons. The molecule has 0 aliphatic carbocycles. The molecule has 0 fully saturated rings. The number of halogens is 2. The standard InChI is InChI=1S/C21H17ClFN3OS/c1-3-27-14-9-7-13(8-10-14)19-15(11-12-28-19)21-24-20(25-26(21)2)18-16(22)5-4-6-17(18)23/h4-12H,3H2,1-2H3. The molecule has 142 valence electrons. The topological polar surface area (TPSA) is 39.9 Å². The fraction of sp³-hybridized carbons (Fsp3) is 0.143. The summed E-state index contributed by atoms with van der Waals surface area (Å²) in [6, 6.07) is 14.5. The van der Waals surface area contributed by atoms with E-state index in [1.54, 1.807) is 35.2 Å². The molecule has 2 heterocycles. The van der Waals surface area contributed by atoms with Crippen LogP contribution in [0.3, 0.4) is 0 Å². The van der Waals surface area contributed by atoms with E-state index >= 15 is 0 Å². The molecule has 0 unspecified atom stereocenters. The highest BCUT2D eigenvalue weighted by atomic mass is 35.5. The molecule has 0 amide bonds. The summed E-state index contributed by atoms with van der Waals surface area (Å²) < 4.78 is 21.4. The van der Waals surface area contributed by atoms with Crippen LogP contribution in [0, 0.1) is 5.82 Å². The summed E-state index contributed by atoms with van der Waals surface area (Å²) in [6.07, 6.45) is 0. The van der Waals surface area contributed by atoms with Crippen molar-refractivity contribution in [3.8, 4) is 39.0 Å². The van der Waals surface area contributed by atoms with Gasteiger partial charge in [-0.2, -0.15) is 5.10 Å². The lowest BCUT2D eigenvalue weighted by atomic mass is 10.1. The van der Waals surface area contributed by atoms with Crippen molar-refractivity contribution in [3.05, 3.63) is 64.8 Å². The molecule has 0 atom stereocenters. The number of ether oxygens (including phenoxy) is 1. The van der Waals surface area contributed by atoms with Crippen LogP contribution in [0.25, 0.3) is 33.2 Å². The molecule has 28 heavy (non-hydrogen) atoms. The number of rotatable bonds is 5. The molecule has 0 aliphatic rings. The second kappa shape index (κ2) is 7.73. The number of hydrogen-bond acceptors (Lipinski definition) is 4. The lowest BCUT2D eigenvalue weighted by Gasteiger charge is -2.06. The summed E-state index contributed by atoms with van der Waals surface area (Å²) in [5, 5.41) is 6.69. The molecule has 4 nitrogen and oxygen atoms in total. The van der Waals surface area contributed by atoms with E-state index in [1.165, 1.54) is 6.07 Å². The fourth-order valence-electron chi connectivity index (χ4n) is 3.01. The summed E-state index contributed by atoms with van der Waals surface area (Å²) in [5.74, 6) is 1.31. The number of thiophene rings is 1. The molecule has 7 heteroatoms. The first-order valence-corrected chi connectivity index (χ1v) is 10.0. The van der Waals surface area contributed by atoms with Crippen LogP contribution in [0.1, 0.15) is 6.92 Å². The Balaban J connectivity index is 1.76. The Hall–Kier alpha value is -2.70. The van der Waals surface area contributed by atoms with Gasteiger partial charge in [-0.25, -0.2) is 14.1 Å². The van der Waals surface area contributed by atoms with Crippen LogP contribution in [-0.4, -0.2) is 21.4 Å². The normalized spacial score (nSPS) is 11.0. The smallest absolute Gasteiger partial charge is 0.186 e. The summed E-state index contributed by atoms with van der Waals surface area (Å²) in [5.41, 5.74) is 2.20. The molecule has 4 rings (SSSR count). The number of aromatic nitrogens is 3. The van der Waals surface area contributed by atoms with E-state index in [2.05, 4.69) is 10.1 Å². The molecule has 0 saturated carbocycles. The minimum atomic E-state index is -0.443. The van der Waals surface area contributed by atoms with Gasteiger partial charge in [0.25, 0.3) is 0 Å². The van der Waals surface area contributed by atoms with Crippen molar-refractivity contribution in [2.75, 3.05) is 6.61 Å². The molecule has 0 bridgehead atoms. The maximum Gasteiger partial charge on any atom is 0.186 e. The van der Waals surface area contributed by atoms with Crippen LogP contribution < -0.4 is 4.74 Å². The Morgan fingerprint density at radius 2 is 1.93 bits per heavy atom. The Morgan fingerprint density at radius 3 is 2.64 bits per heavy atom. The highest BCUT2D eigenvalue weighted by molar-refractivity contribution is 7.14. The highest BCUT2D eigenvalue weighted by Gasteiger charge is 2.20. The Bertz CT molecular complexity index is 1100. The van der Waals surface area contributed by atoms with Crippen LogP contribution in [0.2, 0.25) is 5.02 Å². The van der Waals surface area contributed by atoms with Gasteiger partial charge in [-0.1, -0.05) is 17.7 Å². The van der Waals surface area contributed by atoms with E-state index in [-0.39, 0.29) is 16.4 Å². The molecule has 2 aromatic carbocycles. The average Bonchev–Trinajstić information content (AvgIpc) is 3.29. The lowest BCUT2D eigenvalue weighted by molar-refractivity contribution is 0.340. The zero-order chi connectivity index (χ0) is 19.7. The van der Waals surface area contributed by atoms with Gasteiger partial charge in [0.15, 0.2) is 11.6 Å². The second-order valence-corrected chi connectivity index (χ2v) is 7.42. The third-order valence-electron chi connectivity index (χ3n) is 4.28. The molecule has 0 aliphatic heterocycles. The summed E-state index contributed by atoms with van der Waals surface area (Å²) in [7, 11) is 1.79. The first-order valence-electron chi connectivity index (χ1n) is 8.75. The van der Waals surface area contributed by atoms with E-state index in [0.717, 1.165) is 21.8 Å². The molecular formula is C21H17ClFN3OS. The van der Waals surface area contributed by atoms with Crippen molar-refractivity contribution in [2.45, 2.75) is 6.92 Å². The van der Waals surface area contributed by atoms with Gasteiger partial charge in [0, 0.05) is 17.5 Å². The van der Waals surface area contributed by atoms with Gasteiger partial charge in [0.1, 0.15) is 11.6 Å². The number of aryl methyl sites for hydroxylation is 1. The van der Waals surface area contributed by atoms with Gasteiger partial charge in [-0.15, -0.1) is 11.3 Å². The molecule has 0 N–H and O–H groups in total. The molecule has 0 spiro atoms. The van der Waals surface area contributed by atoms with E-state index in [1.807, 2.05) is 42.6 Å². The van der Waals surface area contributed by atoms with Crippen LogP contribution in [0.4, 0.5) is 4.39 Å². The zero-order valence-electron chi connectivity index (χ0n) is 15.3. The van der Waals surface area contributed by atoms with E-state index in [4.69, 9.17) is 16.3 Å². The first-order chi connectivity index (χ1) is 13.6. The number of hydrogen-bond donors (Lipinski definition) is 0. The quantitative estimate of drug-likeness (QED) is 0.398. The zero-order valence-corrected chi connectivity index (χ0v) is 16.9. The second-order valence-electron chi connectivity index (χ2n) is 6.10. The van der Waals surface area contributed by atoms with Gasteiger partial charge in [0.05, 0.1) is 17.2 Å². The van der Waals surface area contributed by atoms with Crippen molar-refractivity contribution in [1.82, 2.24) is 14.8 Å². The van der Waals surface area contributed by atoms with Gasteiger partial charge < -0.3 is 4.74 Å².